The van der Waals surface area contributed by atoms with Gasteiger partial charge in [0.1, 0.15) is 5.82 Å². The van der Waals surface area contributed by atoms with Gasteiger partial charge in [-0.3, -0.25) is 9.59 Å². The minimum absolute atomic E-state index is 0.0106. The summed E-state index contributed by atoms with van der Waals surface area (Å²) in [6.45, 7) is 2.22. The third-order valence-corrected chi connectivity index (χ3v) is 5.44. The van der Waals surface area contributed by atoms with Crippen molar-refractivity contribution in [3.63, 3.8) is 0 Å². The van der Waals surface area contributed by atoms with Gasteiger partial charge in [-0.25, -0.2) is 13.9 Å². The van der Waals surface area contributed by atoms with E-state index in [2.05, 4.69) is 5.10 Å². The molecule has 1 aromatic carbocycles. The number of ether oxygens (including phenoxy) is 1. The van der Waals surface area contributed by atoms with Gasteiger partial charge in [0.2, 0.25) is 0 Å². The second-order valence-corrected chi connectivity index (χ2v) is 7.80. The van der Waals surface area contributed by atoms with Crippen molar-refractivity contribution in [3.05, 3.63) is 63.8 Å². The molecular weight excluding hydrogens is 401 g/mol. The van der Waals surface area contributed by atoms with Gasteiger partial charge in [-0.05, 0) is 43.0 Å². The van der Waals surface area contributed by atoms with Crippen LogP contribution in [-0.4, -0.2) is 39.2 Å². The molecule has 31 heavy (non-hydrogen) atoms. The van der Waals surface area contributed by atoms with E-state index in [0.717, 1.165) is 37.7 Å². The third-order valence-electron chi connectivity index (χ3n) is 5.44. The first-order valence-electron chi connectivity index (χ1n) is 10.8. The molecule has 1 aliphatic carbocycles. The molecule has 0 aliphatic heterocycles. The second-order valence-electron chi connectivity index (χ2n) is 7.80. The van der Waals surface area contributed by atoms with Crippen LogP contribution in [0.4, 0.5) is 4.39 Å². The lowest BCUT2D eigenvalue weighted by Gasteiger charge is -2.34. The predicted octanol–water partition coefficient (Wildman–Crippen LogP) is 3.31. The van der Waals surface area contributed by atoms with Crippen molar-refractivity contribution in [2.24, 2.45) is 0 Å². The highest BCUT2D eigenvalue weighted by molar-refractivity contribution is 5.89. The van der Waals surface area contributed by atoms with Gasteiger partial charge in [0.25, 0.3) is 11.5 Å². The summed E-state index contributed by atoms with van der Waals surface area (Å²) in [6, 6.07) is 8.69. The summed E-state index contributed by atoms with van der Waals surface area (Å²) in [5.41, 5.74) is 0.515. The van der Waals surface area contributed by atoms with E-state index in [1.54, 1.807) is 17.0 Å². The quantitative estimate of drug-likeness (QED) is 0.602. The summed E-state index contributed by atoms with van der Waals surface area (Å²) in [7, 11) is 0. The van der Waals surface area contributed by atoms with Crippen LogP contribution in [0.15, 0.2) is 41.2 Å². The highest BCUT2D eigenvalue weighted by Gasteiger charge is 2.26. The van der Waals surface area contributed by atoms with E-state index in [1.165, 1.54) is 28.9 Å². The van der Waals surface area contributed by atoms with Gasteiger partial charge in [-0.1, -0.05) is 38.3 Å². The van der Waals surface area contributed by atoms with Gasteiger partial charge in [-0.2, -0.15) is 5.10 Å². The highest BCUT2D eigenvalue weighted by Crippen LogP contribution is 2.24. The van der Waals surface area contributed by atoms with Gasteiger partial charge in [0.15, 0.2) is 12.3 Å². The van der Waals surface area contributed by atoms with Crippen molar-refractivity contribution in [1.82, 2.24) is 14.7 Å². The van der Waals surface area contributed by atoms with Crippen molar-refractivity contribution in [2.75, 3.05) is 6.61 Å². The van der Waals surface area contributed by atoms with Crippen molar-refractivity contribution >= 4 is 11.9 Å². The Balaban J connectivity index is 1.67. The summed E-state index contributed by atoms with van der Waals surface area (Å²) in [5, 5.41) is 4.02. The number of nitrogens with zero attached hydrogens (tertiary/aromatic N) is 3. The van der Waals surface area contributed by atoms with Crippen LogP contribution in [0.25, 0.3) is 0 Å². The molecule has 3 rings (SSSR count). The number of hydrogen-bond acceptors (Lipinski definition) is 5. The van der Waals surface area contributed by atoms with E-state index >= 15 is 0 Å². The number of aromatic nitrogens is 2. The Morgan fingerprint density at radius 2 is 1.84 bits per heavy atom. The molecule has 0 N–H and O–H groups in total. The first kappa shape index (κ1) is 22.7. The standard InChI is InChI=1S/C23H28FN3O4/c1-2-14-27-21(28)13-12-20(25-27)23(30)31-16-22(29)26(19-6-4-3-5-7-19)15-17-8-10-18(24)11-9-17/h8-13,19H,2-7,14-16H2,1H3. The minimum Gasteiger partial charge on any atom is -0.451 e. The monoisotopic (exact) mass is 429 g/mol. The lowest BCUT2D eigenvalue weighted by molar-refractivity contribution is -0.138. The zero-order chi connectivity index (χ0) is 22.2. The fourth-order valence-corrected chi connectivity index (χ4v) is 3.81. The van der Waals surface area contributed by atoms with Crippen molar-refractivity contribution in [3.8, 4) is 0 Å². The van der Waals surface area contributed by atoms with E-state index in [1.807, 2.05) is 6.92 Å². The Bertz CT molecular complexity index is 952. The lowest BCUT2D eigenvalue weighted by atomic mass is 9.93. The summed E-state index contributed by atoms with van der Waals surface area (Å²) in [6.07, 6.45) is 5.71. The fraction of sp³-hybridized carbons (Fsp3) is 0.478. The second kappa shape index (κ2) is 10.8. The van der Waals surface area contributed by atoms with Crippen LogP contribution in [0.3, 0.4) is 0 Å². The highest BCUT2D eigenvalue weighted by atomic mass is 19.1. The fourth-order valence-electron chi connectivity index (χ4n) is 3.81. The summed E-state index contributed by atoms with van der Waals surface area (Å²) in [5.74, 6) is -1.37. The molecule has 1 aliphatic rings. The van der Waals surface area contributed by atoms with E-state index in [0.29, 0.717) is 19.5 Å². The van der Waals surface area contributed by atoms with Gasteiger partial charge in [0, 0.05) is 25.2 Å². The molecule has 0 saturated heterocycles. The zero-order valence-corrected chi connectivity index (χ0v) is 17.8. The molecule has 0 atom stereocenters. The molecule has 1 amide bonds. The van der Waals surface area contributed by atoms with Gasteiger partial charge >= 0.3 is 5.97 Å². The molecule has 1 heterocycles. The van der Waals surface area contributed by atoms with Crippen LogP contribution in [0.1, 0.15) is 61.5 Å². The molecule has 7 nitrogen and oxygen atoms in total. The molecular formula is C23H28FN3O4. The van der Waals surface area contributed by atoms with Crippen LogP contribution in [0.5, 0.6) is 0 Å². The average molecular weight is 429 g/mol. The maximum absolute atomic E-state index is 13.2. The largest absolute Gasteiger partial charge is 0.451 e. The number of halogens is 1. The molecule has 1 fully saturated rings. The molecule has 166 valence electrons. The SMILES string of the molecule is CCCn1nc(C(=O)OCC(=O)N(Cc2ccc(F)cc2)C2CCCCC2)ccc1=O. The van der Waals surface area contributed by atoms with E-state index in [-0.39, 0.29) is 29.0 Å². The number of esters is 1. The lowest BCUT2D eigenvalue weighted by Crippen LogP contribution is -2.43. The van der Waals surface area contributed by atoms with Gasteiger partial charge < -0.3 is 9.64 Å². The van der Waals surface area contributed by atoms with Crippen LogP contribution >= 0.6 is 0 Å². The normalized spacial score (nSPS) is 14.3. The van der Waals surface area contributed by atoms with E-state index in [9.17, 15) is 18.8 Å². The molecule has 1 aromatic heterocycles. The van der Waals surface area contributed by atoms with Crippen LogP contribution < -0.4 is 5.56 Å². The molecule has 0 spiro atoms. The minimum atomic E-state index is -0.747. The van der Waals surface area contributed by atoms with Crippen molar-refractivity contribution in [2.45, 2.75) is 64.6 Å². The molecule has 8 heteroatoms. The molecule has 1 saturated carbocycles. The molecule has 0 radical (unpaired) electrons. The van der Waals surface area contributed by atoms with Gasteiger partial charge in [0.05, 0.1) is 0 Å². The third kappa shape index (κ3) is 6.23. The zero-order valence-electron chi connectivity index (χ0n) is 17.8. The van der Waals surface area contributed by atoms with Crippen LogP contribution in [0.2, 0.25) is 0 Å². The number of carbonyl (C=O) groups excluding carboxylic acids is 2. The Kier molecular flexibility index (Phi) is 7.92. The number of hydrogen-bond donors (Lipinski definition) is 0. The smallest absolute Gasteiger partial charge is 0.359 e. The first-order chi connectivity index (χ1) is 15.0. The Hall–Kier alpha value is -3.03. The summed E-state index contributed by atoms with van der Waals surface area (Å²) < 4.78 is 19.7. The number of benzene rings is 1. The maximum atomic E-state index is 13.2. The van der Waals surface area contributed by atoms with E-state index < -0.39 is 12.6 Å². The summed E-state index contributed by atoms with van der Waals surface area (Å²) >= 11 is 0. The number of amides is 1. The Labute approximate surface area is 180 Å². The maximum Gasteiger partial charge on any atom is 0.359 e. The Morgan fingerprint density at radius 1 is 1.13 bits per heavy atom. The van der Waals surface area contributed by atoms with Crippen molar-refractivity contribution < 1.29 is 18.7 Å². The predicted molar refractivity (Wildman–Crippen MR) is 113 cm³/mol. The topological polar surface area (TPSA) is 81.5 Å². The molecule has 2 aromatic rings. The first-order valence-corrected chi connectivity index (χ1v) is 10.8. The molecule has 0 bridgehead atoms. The number of aryl methyl sites for hydroxylation is 1. The number of carbonyl (C=O) groups is 2. The van der Waals surface area contributed by atoms with Gasteiger partial charge in [-0.15, -0.1) is 0 Å². The van der Waals surface area contributed by atoms with Crippen LogP contribution in [-0.2, 0) is 22.6 Å². The van der Waals surface area contributed by atoms with E-state index in [4.69, 9.17) is 4.74 Å². The summed E-state index contributed by atoms with van der Waals surface area (Å²) in [4.78, 5) is 38.9. The van der Waals surface area contributed by atoms with Crippen molar-refractivity contribution in [1.29, 1.82) is 0 Å². The number of rotatable bonds is 8. The average Bonchev–Trinajstić information content (AvgIpc) is 2.79. The van der Waals surface area contributed by atoms with Crippen LogP contribution in [0, 0.1) is 5.82 Å². The molecule has 0 unspecified atom stereocenters. The Morgan fingerprint density at radius 3 is 2.52 bits per heavy atom.